The highest BCUT2D eigenvalue weighted by molar-refractivity contribution is 7.99. The number of anilines is 1. The van der Waals surface area contributed by atoms with Crippen LogP contribution in [-0.4, -0.2) is 10.7 Å². The van der Waals surface area contributed by atoms with Crippen molar-refractivity contribution in [2.24, 2.45) is 0 Å². The number of rotatable bonds is 1. The van der Waals surface area contributed by atoms with Crippen molar-refractivity contribution in [1.82, 2.24) is 4.98 Å². The van der Waals surface area contributed by atoms with Crippen molar-refractivity contribution >= 4 is 17.8 Å². The van der Waals surface area contributed by atoms with Crippen LogP contribution in [0.4, 0.5) is 6.01 Å². The molecule has 1 aliphatic heterocycles. The van der Waals surface area contributed by atoms with Gasteiger partial charge in [-0.15, -0.1) is 0 Å². The first kappa shape index (κ1) is 7.03. The minimum atomic E-state index is 0.285. The lowest BCUT2D eigenvalue weighted by atomic mass is 10.2. The Balaban J connectivity index is 2.15. The zero-order valence-electron chi connectivity index (χ0n) is 6.12. The van der Waals surface area contributed by atoms with Crippen LogP contribution < -0.4 is 5.73 Å². The quantitative estimate of drug-likeness (QED) is 0.698. The van der Waals surface area contributed by atoms with Crippen LogP contribution in [-0.2, 0) is 0 Å². The summed E-state index contributed by atoms with van der Waals surface area (Å²) in [5.74, 6) is 1.23. The Morgan fingerprint density at radius 2 is 2.64 bits per heavy atom. The number of hydrogen-bond acceptors (Lipinski definition) is 4. The molecule has 0 aromatic carbocycles. The number of nitrogen functional groups attached to an aromatic ring is 1. The molecule has 2 rings (SSSR count). The van der Waals surface area contributed by atoms with Gasteiger partial charge in [0.1, 0.15) is 6.26 Å². The fourth-order valence-electron chi connectivity index (χ4n) is 1.26. The summed E-state index contributed by atoms with van der Waals surface area (Å²) in [6.45, 7) is 0. The van der Waals surface area contributed by atoms with Gasteiger partial charge >= 0.3 is 0 Å². The first-order valence-corrected chi connectivity index (χ1v) is 4.73. The lowest BCUT2D eigenvalue weighted by Gasteiger charge is -2.00. The third kappa shape index (κ3) is 1.35. The Bertz CT molecular complexity index is 242. The summed E-state index contributed by atoms with van der Waals surface area (Å²) in [6, 6.07) is 0.285. The molecule has 1 aromatic heterocycles. The van der Waals surface area contributed by atoms with Crippen LogP contribution in [0.5, 0.6) is 0 Å². The lowest BCUT2D eigenvalue weighted by molar-refractivity contribution is 0.577. The molecule has 0 saturated carbocycles. The molecule has 2 heterocycles. The van der Waals surface area contributed by atoms with Crippen molar-refractivity contribution in [2.45, 2.75) is 18.1 Å². The highest BCUT2D eigenvalue weighted by atomic mass is 32.2. The molecule has 1 unspecified atom stereocenters. The Morgan fingerprint density at radius 3 is 3.18 bits per heavy atom. The second-order valence-electron chi connectivity index (χ2n) is 2.61. The van der Waals surface area contributed by atoms with Gasteiger partial charge in [-0.3, -0.25) is 0 Å². The van der Waals surface area contributed by atoms with E-state index in [1.165, 1.54) is 18.6 Å². The van der Waals surface area contributed by atoms with Gasteiger partial charge in [0.05, 0.1) is 10.9 Å². The van der Waals surface area contributed by atoms with E-state index in [-0.39, 0.29) is 6.01 Å². The number of hydrogen-bond donors (Lipinski definition) is 1. The minimum Gasteiger partial charge on any atom is -0.432 e. The maximum absolute atomic E-state index is 5.36. The number of thioether (sulfide) groups is 1. The van der Waals surface area contributed by atoms with E-state index in [0.29, 0.717) is 5.25 Å². The van der Waals surface area contributed by atoms with E-state index in [1.807, 2.05) is 11.8 Å². The Hall–Kier alpha value is -0.640. The molecule has 1 aliphatic rings. The van der Waals surface area contributed by atoms with Crippen LogP contribution in [0.3, 0.4) is 0 Å². The van der Waals surface area contributed by atoms with E-state index >= 15 is 0 Å². The number of nitrogens with two attached hydrogens (primary N) is 1. The topological polar surface area (TPSA) is 52.0 Å². The molecular formula is C7H10N2OS. The van der Waals surface area contributed by atoms with Crippen molar-refractivity contribution in [3.63, 3.8) is 0 Å². The van der Waals surface area contributed by atoms with Gasteiger partial charge in [0, 0.05) is 0 Å². The van der Waals surface area contributed by atoms with Gasteiger partial charge in [0.15, 0.2) is 0 Å². The Kier molecular flexibility index (Phi) is 1.77. The molecule has 0 amide bonds. The average molecular weight is 170 g/mol. The summed E-state index contributed by atoms with van der Waals surface area (Å²) in [5, 5.41) is 0.524. The zero-order chi connectivity index (χ0) is 7.68. The standard InChI is InChI=1S/C7H10N2OS/c8-7-9-5(4-10-7)6-2-1-3-11-6/h4,6H,1-3H2,(H2,8,9). The smallest absolute Gasteiger partial charge is 0.292 e. The molecule has 0 spiro atoms. The van der Waals surface area contributed by atoms with Crippen LogP contribution >= 0.6 is 11.8 Å². The Labute approximate surface area is 69.4 Å². The van der Waals surface area contributed by atoms with Gasteiger partial charge in [-0.05, 0) is 18.6 Å². The third-order valence-electron chi connectivity index (χ3n) is 1.80. The van der Waals surface area contributed by atoms with E-state index in [4.69, 9.17) is 10.2 Å². The van der Waals surface area contributed by atoms with Gasteiger partial charge in [-0.1, -0.05) is 0 Å². The van der Waals surface area contributed by atoms with Crippen molar-refractivity contribution in [2.75, 3.05) is 11.5 Å². The Morgan fingerprint density at radius 1 is 1.73 bits per heavy atom. The van der Waals surface area contributed by atoms with Crippen molar-refractivity contribution < 1.29 is 4.42 Å². The molecular weight excluding hydrogens is 160 g/mol. The molecule has 0 radical (unpaired) electrons. The normalized spacial score (nSPS) is 24.2. The minimum absolute atomic E-state index is 0.285. The maximum atomic E-state index is 5.36. The molecule has 1 saturated heterocycles. The van der Waals surface area contributed by atoms with Crippen molar-refractivity contribution in [3.8, 4) is 0 Å². The van der Waals surface area contributed by atoms with E-state index < -0.39 is 0 Å². The van der Waals surface area contributed by atoms with Gasteiger partial charge < -0.3 is 10.2 Å². The summed E-state index contributed by atoms with van der Waals surface area (Å²) in [4.78, 5) is 4.08. The highest BCUT2D eigenvalue weighted by Crippen LogP contribution is 2.39. The number of aromatic nitrogens is 1. The monoisotopic (exact) mass is 170 g/mol. The SMILES string of the molecule is Nc1nc(C2CCCS2)co1. The number of nitrogens with zero attached hydrogens (tertiary/aromatic N) is 1. The first-order chi connectivity index (χ1) is 5.36. The van der Waals surface area contributed by atoms with Crippen LogP contribution in [0.2, 0.25) is 0 Å². The van der Waals surface area contributed by atoms with Crippen LogP contribution in [0, 0.1) is 0 Å². The van der Waals surface area contributed by atoms with Gasteiger partial charge in [0.2, 0.25) is 0 Å². The molecule has 4 heteroatoms. The second-order valence-corrected chi connectivity index (χ2v) is 3.92. The fourth-order valence-corrected chi connectivity index (χ4v) is 2.49. The maximum Gasteiger partial charge on any atom is 0.292 e. The van der Waals surface area contributed by atoms with Crippen LogP contribution in [0.1, 0.15) is 23.8 Å². The third-order valence-corrected chi connectivity index (χ3v) is 3.20. The summed E-state index contributed by atoms with van der Waals surface area (Å²) < 4.78 is 4.93. The summed E-state index contributed by atoms with van der Waals surface area (Å²) in [6.07, 6.45) is 4.15. The largest absolute Gasteiger partial charge is 0.432 e. The molecule has 11 heavy (non-hydrogen) atoms. The zero-order valence-corrected chi connectivity index (χ0v) is 6.93. The highest BCUT2D eigenvalue weighted by Gasteiger charge is 2.20. The molecule has 0 bridgehead atoms. The van der Waals surface area contributed by atoms with E-state index in [0.717, 1.165) is 5.69 Å². The molecule has 3 nitrogen and oxygen atoms in total. The predicted molar refractivity (Wildman–Crippen MR) is 45.3 cm³/mol. The molecule has 60 valence electrons. The summed E-state index contributed by atoms with van der Waals surface area (Å²) >= 11 is 1.93. The average Bonchev–Trinajstić information content (AvgIpc) is 2.55. The van der Waals surface area contributed by atoms with E-state index in [2.05, 4.69) is 4.98 Å². The molecule has 2 N–H and O–H groups in total. The van der Waals surface area contributed by atoms with Crippen molar-refractivity contribution in [1.29, 1.82) is 0 Å². The van der Waals surface area contributed by atoms with Crippen LogP contribution in [0.25, 0.3) is 0 Å². The summed E-state index contributed by atoms with van der Waals surface area (Å²) in [5.41, 5.74) is 6.36. The number of oxazole rings is 1. The first-order valence-electron chi connectivity index (χ1n) is 3.69. The van der Waals surface area contributed by atoms with E-state index in [1.54, 1.807) is 6.26 Å². The second kappa shape index (κ2) is 2.77. The van der Waals surface area contributed by atoms with Gasteiger partial charge in [-0.25, -0.2) is 0 Å². The predicted octanol–water partition coefficient (Wildman–Crippen LogP) is 1.82. The lowest BCUT2D eigenvalue weighted by Crippen LogP contribution is -1.89. The molecule has 1 aromatic rings. The fraction of sp³-hybridized carbons (Fsp3) is 0.571. The van der Waals surface area contributed by atoms with Gasteiger partial charge in [-0.2, -0.15) is 16.7 Å². The van der Waals surface area contributed by atoms with Gasteiger partial charge in [0.25, 0.3) is 6.01 Å². The molecule has 1 atom stereocenters. The van der Waals surface area contributed by atoms with E-state index in [9.17, 15) is 0 Å². The summed E-state index contributed by atoms with van der Waals surface area (Å²) in [7, 11) is 0. The van der Waals surface area contributed by atoms with Crippen molar-refractivity contribution in [3.05, 3.63) is 12.0 Å². The molecule has 0 aliphatic carbocycles. The van der Waals surface area contributed by atoms with Crippen LogP contribution in [0.15, 0.2) is 10.7 Å². The molecule has 1 fully saturated rings.